The first kappa shape index (κ1) is 26.1. The Hall–Kier alpha value is -3.96. The predicted molar refractivity (Wildman–Crippen MR) is 126 cm³/mol. The SMILES string of the molecule is O=C(NC1CC(c2ccc(OC(F)(F)F)cc2)CN(C(=O)N2CCN(C(=O)O)CC2)C1)c1ccccc1. The van der Waals surface area contributed by atoms with Crippen LogP contribution in [0.1, 0.15) is 28.3 Å². The van der Waals surface area contributed by atoms with Gasteiger partial charge < -0.3 is 29.9 Å². The molecule has 0 aliphatic carbocycles. The summed E-state index contributed by atoms with van der Waals surface area (Å²) in [5.41, 5.74) is 1.18. The Balaban J connectivity index is 1.50. The molecule has 198 valence electrons. The van der Waals surface area contributed by atoms with Gasteiger partial charge in [0.05, 0.1) is 0 Å². The van der Waals surface area contributed by atoms with Gasteiger partial charge in [-0.25, -0.2) is 9.59 Å². The molecule has 2 heterocycles. The standard InChI is InChI=1S/C25H27F3N4O5/c26-25(27,28)37-21-8-6-17(7-9-21)19-14-20(29-22(33)18-4-2-1-3-5-18)16-32(15-19)23(34)30-10-12-31(13-11-30)24(35)36/h1-9,19-20H,10-16H2,(H,29,33)(H,35,36). The lowest BCUT2D eigenvalue weighted by Crippen LogP contribution is -2.58. The topological polar surface area (TPSA) is 102 Å². The number of carbonyl (C=O) groups is 3. The molecule has 2 aliphatic heterocycles. The zero-order chi connectivity index (χ0) is 26.6. The quantitative estimate of drug-likeness (QED) is 0.642. The number of alkyl halides is 3. The summed E-state index contributed by atoms with van der Waals surface area (Å²) >= 11 is 0. The minimum absolute atomic E-state index is 0.202. The summed E-state index contributed by atoms with van der Waals surface area (Å²) in [6, 6.07) is 13.5. The minimum Gasteiger partial charge on any atom is -0.465 e. The highest BCUT2D eigenvalue weighted by atomic mass is 19.4. The first-order valence-corrected chi connectivity index (χ1v) is 11.8. The summed E-state index contributed by atoms with van der Waals surface area (Å²) in [6.45, 7) is 1.45. The third kappa shape index (κ3) is 6.83. The molecule has 37 heavy (non-hydrogen) atoms. The highest BCUT2D eigenvalue weighted by Gasteiger charge is 2.35. The molecular formula is C25H27F3N4O5. The lowest BCUT2D eigenvalue weighted by Gasteiger charge is -2.42. The number of nitrogens with one attached hydrogen (secondary N) is 1. The van der Waals surface area contributed by atoms with Gasteiger partial charge in [0.2, 0.25) is 0 Å². The summed E-state index contributed by atoms with van der Waals surface area (Å²) in [6.07, 6.45) is -5.35. The van der Waals surface area contributed by atoms with Gasteiger partial charge in [-0.15, -0.1) is 13.2 Å². The second kappa shape index (κ2) is 11.0. The minimum atomic E-state index is -4.80. The zero-order valence-corrected chi connectivity index (χ0v) is 19.9. The van der Waals surface area contributed by atoms with Crippen LogP contribution < -0.4 is 10.1 Å². The van der Waals surface area contributed by atoms with Gasteiger partial charge in [-0.2, -0.15) is 0 Å². The van der Waals surface area contributed by atoms with Crippen molar-refractivity contribution in [1.29, 1.82) is 0 Å². The number of carboxylic acid groups (broad SMARTS) is 1. The predicted octanol–water partition coefficient (Wildman–Crippen LogP) is 3.59. The van der Waals surface area contributed by atoms with Crippen molar-refractivity contribution in [2.75, 3.05) is 39.3 Å². The molecule has 0 saturated carbocycles. The number of amides is 4. The summed E-state index contributed by atoms with van der Waals surface area (Å²) in [7, 11) is 0. The van der Waals surface area contributed by atoms with Gasteiger partial charge >= 0.3 is 18.5 Å². The maximum Gasteiger partial charge on any atom is 0.573 e. The van der Waals surface area contributed by atoms with E-state index in [1.807, 2.05) is 0 Å². The Morgan fingerprint density at radius 1 is 0.865 bits per heavy atom. The number of halogens is 3. The van der Waals surface area contributed by atoms with E-state index in [-0.39, 0.29) is 56.3 Å². The fourth-order valence-corrected chi connectivity index (χ4v) is 4.69. The first-order chi connectivity index (χ1) is 17.6. The third-order valence-electron chi connectivity index (χ3n) is 6.50. The van der Waals surface area contributed by atoms with Crippen molar-refractivity contribution in [3.63, 3.8) is 0 Å². The molecule has 0 aromatic heterocycles. The van der Waals surface area contributed by atoms with Crippen molar-refractivity contribution >= 4 is 18.0 Å². The van der Waals surface area contributed by atoms with Crippen molar-refractivity contribution in [1.82, 2.24) is 20.0 Å². The number of benzene rings is 2. The van der Waals surface area contributed by atoms with E-state index >= 15 is 0 Å². The first-order valence-electron chi connectivity index (χ1n) is 11.8. The number of nitrogens with zero attached hydrogens (tertiary/aromatic N) is 3. The van der Waals surface area contributed by atoms with Crippen LogP contribution in [0.25, 0.3) is 0 Å². The Labute approximate surface area is 211 Å². The van der Waals surface area contributed by atoms with Crippen molar-refractivity contribution < 1.29 is 37.4 Å². The van der Waals surface area contributed by atoms with E-state index in [4.69, 9.17) is 5.11 Å². The van der Waals surface area contributed by atoms with Crippen LogP contribution in [0, 0.1) is 0 Å². The summed E-state index contributed by atoms with van der Waals surface area (Å²) in [5.74, 6) is -0.883. The van der Waals surface area contributed by atoms with E-state index in [1.54, 1.807) is 40.1 Å². The molecule has 2 aliphatic rings. The molecule has 2 saturated heterocycles. The number of urea groups is 1. The van der Waals surface area contributed by atoms with Crippen LogP contribution in [0.3, 0.4) is 0 Å². The van der Waals surface area contributed by atoms with Crippen LogP contribution in [0.4, 0.5) is 22.8 Å². The van der Waals surface area contributed by atoms with E-state index in [9.17, 15) is 27.6 Å². The second-order valence-corrected chi connectivity index (χ2v) is 9.03. The molecule has 2 unspecified atom stereocenters. The zero-order valence-electron chi connectivity index (χ0n) is 19.9. The van der Waals surface area contributed by atoms with Crippen LogP contribution >= 0.6 is 0 Å². The lowest BCUT2D eigenvalue weighted by molar-refractivity contribution is -0.274. The fraction of sp³-hybridized carbons (Fsp3) is 0.400. The largest absolute Gasteiger partial charge is 0.573 e. The van der Waals surface area contributed by atoms with Gasteiger partial charge in [0.25, 0.3) is 5.91 Å². The molecule has 0 spiro atoms. The maximum absolute atomic E-state index is 13.3. The smallest absolute Gasteiger partial charge is 0.465 e. The number of piperazine rings is 1. The normalized spacial score (nSPS) is 20.4. The van der Waals surface area contributed by atoms with Crippen LogP contribution in [0.5, 0.6) is 5.75 Å². The Morgan fingerprint density at radius 2 is 1.49 bits per heavy atom. The maximum atomic E-state index is 13.3. The molecule has 2 N–H and O–H groups in total. The molecular weight excluding hydrogens is 493 g/mol. The van der Waals surface area contributed by atoms with Crippen LogP contribution in [-0.2, 0) is 0 Å². The van der Waals surface area contributed by atoms with E-state index in [1.165, 1.54) is 29.2 Å². The number of carbonyl (C=O) groups excluding carboxylic acids is 2. The lowest BCUT2D eigenvalue weighted by atomic mass is 9.88. The molecule has 0 radical (unpaired) electrons. The molecule has 0 bridgehead atoms. The molecule has 9 nitrogen and oxygen atoms in total. The van der Waals surface area contributed by atoms with E-state index < -0.39 is 18.5 Å². The van der Waals surface area contributed by atoms with Gasteiger partial charge in [-0.05, 0) is 36.2 Å². The van der Waals surface area contributed by atoms with Crippen LogP contribution in [-0.4, -0.2) is 89.5 Å². The molecule has 12 heteroatoms. The second-order valence-electron chi connectivity index (χ2n) is 9.03. The molecule has 2 atom stereocenters. The van der Waals surface area contributed by atoms with E-state index in [0.29, 0.717) is 24.1 Å². The Bertz CT molecular complexity index is 1110. The summed E-state index contributed by atoms with van der Waals surface area (Å²) in [5, 5.41) is 12.1. The number of hydrogen-bond acceptors (Lipinski definition) is 4. The van der Waals surface area contributed by atoms with Crippen molar-refractivity contribution in [3.05, 3.63) is 65.7 Å². The number of likely N-dealkylation sites (tertiary alicyclic amines) is 1. The molecule has 2 aromatic carbocycles. The molecule has 2 fully saturated rings. The molecule has 2 aromatic rings. The average Bonchev–Trinajstić information content (AvgIpc) is 2.88. The third-order valence-corrected chi connectivity index (χ3v) is 6.50. The number of piperidine rings is 1. The number of ether oxygens (including phenoxy) is 1. The van der Waals surface area contributed by atoms with Gasteiger partial charge in [0.1, 0.15) is 5.75 Å². The van der Waals surface area contributed by atoms with Crippen molar-refractivity contribution in [2.24, 2.45) is 0 Å². The van der Waals surface area contributed by atoms with Crippen LogP contribution in [0.2, 0.25) is 0 Å². The summed E-state index contributed by atoms with van der Waals surface area (Å²) in [4.78, 5) is 41.8. The Morgan fingerprint density at radius 3 is 2.08 bits per heavy atom. The van der Waals surface area contributed by atoms with Crippen molar-refractivity contribution in [2.45, 2.75) is 24.7 Å². The Kier molecular flexibility index (Phi) is 7.74. The van der Waals surface area contributed by atoms with Crippen molar-refractivity contribution in [3.8, 4) is 5.75 Å². The monoisotopic (exact) mass is 520 g/mol. The van der Waals surface area contributed by atoms with E-state index in [0.717, 1.165) is 0 Å². The van der Waals surface area contributed by atoms with E-state index in [2.05, 4.69) is 10.1 Å². The molecule has 4 rings (SSSR count). The average molecular weight is 521 g/mol. The van der Waals surface area contributed by atoms with Gasteiger partial charge in [0.15, 0.2) is 0 Å². The fourth-order valence-electron chi connectivity index (χ4n) is 4.69. The van der Waals surface area contributed by atoms with Gasteiger partial charge in [-0.3, -0.25) is 4.79 Å². The molecule has 4 amide bonds. The highest BCUT2D eigenvalue weighted by molar-refractivity contribution is 5.94. The summed E-state index contributed by atoms with van der Waals surface area (Å²) < 4.78 is 41.6. The number of hydrogen-bond donors (Lipinski definition) is 2. The number of rotatable bonds is 4. The van der Waals surface area contributed by atoms with Gasteiger partial charge in [-0.1, -0.05) is 30.3 Å². The van der Waals surface area contributed by atoms with Crippen LogP contribution in [0.15, 0.2) is 54.6 Å². The van der Waals surface area contributed by atoms with Gasteiger partial charge in [0, 0.05) is 56.8 Å². The highest BCUT2D eigenvalue weighted by Crippen LogP contribution is 2.31.